The fourth-order valence-corrected chi connectivity index (χ4v) is 1.99. The number of hydrogen-bond acceptors (Lipinski definition) is 2. The molecule has 0 aromatic rings. The molecule has 0 bridgehead atoms. The van der Waals surface area contributed by atoms with E-state index in [-0.39, 0.29) is 5.54 Å². The fourth-order valence-electron chi connectivity index (χ4n) is 1.99. The SMILES string of the molecule is CN1CCC(N(C)C(N)=NC(C)(C)C)CC1. The minimum Gasteiger partial charge on any atom is -0.370 e. The Labute approximate surface area is 99.5 Å². The van der Waals surface area contributed by atoms with E-state index in [0.29, 0.717) is 12.0 Å². The van der Waals surface area contributed by atoms with Crippen LogP contribution in [0.5, 0.6) is 0 Å². The molecule has 0 amide bonds. The Bertz CT molecular complexity index is 246. The first-order valence-electron chi connectivity index (χ1n) is 6.06. The van der Waals surface area contributed by atoms with Gasteiger partial charge in [0.15, 0.2) is 5.96 Å². The number of hydrogen-bond donors (Lipinski definition) is 1. The van der Waals surface area contributed by atoms with E-state index < -0.39 is 0 Å². The monoisotopic (exact) mass is 226 g/mol. The van der Waals surface area contributed by atoms with Crippen molar-refractivity contribution in [3.05, 3.63) is 0 Å². The zero-order valence-corrected chi connectivity index (χ0v) is 11.3. The molecule has 0 radical (unpaired) electrons. The molecule has 94 valence electrons. The predicted octanol–water partition coefficient (Wildman–Crippen LogP) is 1.13. The van der Waals surface area contributed by atoms with Crippen molar-refractivity contribution in [1.29, 1.82) is 0 Å². The van der Waals surface area contributed by atoms with Gasteiger partial charge in [0.2, 0.25) is 0 Å². The number of guanidine groups is 1. The van der Waals surface area contributed by atoms with Crippen LogP contribution in [-0.2, 0) is 0 Å². The van der Waals surface area contributed by atoms with Crippen LogP contribution in [-0.4, -0.2) is 54.5 Å². The van der Waals surface area contributed by atoms with Gasteiger partial charge >= 0.3 is 0 Å². The maximum Gasteiger partial charge on any atom is 0.191 e. The molecule has 0 spiro atoms. The van der Waals surface area contributed by atoms with Crippen molar-refractivity contribution in [3.63, 3.8) is 0 Å². The number of aliphatic imine (C=N–C) groups is 1. The lowest BCUT2D eigenvalue weighted by atomic mass is 10.0. The van der Waals surface area contributed by atoms with E-state index >= 15 is 0 Å². The molecule has 4 nitrogen and oxygen atoms in total. The Kier molecular flexibility index (Phi) is 4.19. The molecule has 1 fully saturated rings. The molecule has 1 aliphatic rings. The molecule has 1 saturated heterocycles. The van der Waals surface area contributed by atoms with Crippen molar-refractivity contribution in [2.45, 2.75) is 45.2 Å². The molecule has 1 rings (SSSR count). The van der Waals surface area contributed by atoms with Gasteiger partial charge in [-0.05, 0) is 53.8 Å². The van der Waals surface area contributed by atoms with Crippen LogP contribution >= 0.6 is 0 Å². The number of rotatable bonds is 1. The van der Waals surface area contributed by atoms with Crippen LogP contribution in [0.3, 0.4) is 0 Å². The molecule has 4 heteroatoms. The highest BCUT2D eigenvalue weighted by atomic mass is 15.3. The van der Waals surface area contributed by atoms with E-state index in [0.717, 1.165) is 13.1 Å². The Morgan fingerprint density at radius 1 is 1.31 bits per heavy atom. The summed E-state index contributed by atoms with van der Waals surface area (Å²) in [7, 11) is 4.23. The highest BCUT2D eigenvalue weighted by molar-refractivity contribution is 5.78. The van der Waals surface area contributed by atoms with Gasteiger partial charge in [-0.3, -0.25) is 0 Å². The van der Waals surface area contributed by atoms with E-state index in [2.05, 4.69) is 49.7 Å². The second kappa shape index (κ2) is 5.04. The van der Waals surface area contributed by atoms with Gasteiger partial charge in [-0.25, -0.2) is 4.99 Å². The van der Waals surface area contributed by atoms with Gasteiger partial charge in [0, 0.05) is 13.1 Å². The molecule has 16 heavy (non-hydrogen) atoms. The summed E-state index contributed by atoms with van der Waals surface area (Å²) >= 11 is 0. The summed E-state index contributed by atoms with van der Waals surface area (Å²) in [6, 6.07) is 0.544. The second-order valence-corrected chi connectivity index (χ2v) is 5.79. The van der Waals surface area contributed by atoms with Gasteiger partial charge in [-0.2, -0.15) is 0 Å². The van der Waals surface area contributed by atoms with E-state index in [1.54, 1.807) is 0 Å². The van der Waals surface area contributed by atoms with Crippen molar-refractivity contribution < 1.29 is 0 Å². The highest BCUT2D eigenvalue weighted by Crippen LogP contribution is 2.15. The maximum atomic E-state index is 6.03. The topological polar surface area (TPSA) is 44.9 Å². The summed E-state index contributed by atoms with van der Waals surface area (Å²) in [4.78, 5) is 9.01. The highest BCUT2D eigenvalue weighted by Gasteiger charge is 2.22. The van der Waals surface area contributed by atoms with Crippen molar-refractivity contribution in [3.8, 4) is 0 Å². The number of nitrogens with two attached hydrogens (primary N) is 1. The quantitative estimate of drug-likeness (QED) is 0.538. The van der Waals surface area contributed by atoms with Gasteiger partial charge < -0.3 is 15.5 Å². The molecular formula is C12H26N4. The van der Waals surface area contributed by atoms with Gasteiger partial charge in [-0.15, -0.1) is 0 Å². The Morgan fingerprint density at radius 3 is 2.25 bits per heavy atom. The average molecular weight is 226 g/mol. The van der Waals surface area contributed by atoms with Gasteiger partial charge in [0.05, 0.1) is 5.54 Å². The summed E-state index contributed by atoms with van der Waals surface area (Å²) in [5.74, 6) is 0.669. The molecule has 0 aliphatic carbocycles. The van der Waals surface area contributed by atoms with E-state index in [4.69, 9.17) is 5.73 Å². The normalized spacial score (nSPS) is 21.2. The lowest BCUT2D eigenvalue weighted by Gasteiger charge is -2.36. The second-order valence-electron chi connectivity index (χ2n) is 5.79. The molecule has 1 heterocycles. The van der Waals surface area contributed by atoms with Crippen LogP contribution < -0.4 is 5.73 Å². The largest absolute Gasteiger partial charge is 0.370 e. The molecule has 0 aromatic carbocycles. The molecular weight excluding hydrogens is 200 g/mol. The van der Waals surface area contributed by atoms with Crippen LogP contribution in [0.25, 0.3) is 0 Å². The third-order valence-corrected chi connectivity index (χ3v) is 3.05. The zero-order chi connectivity index (χ0) is 12.3. The van der Waals surface area contributed by atoms with Crippen molar-refractivity contribution in [2.24, 2.45) is 10.7 Å². The summed E-state index contributed by atoms with van der Waals surface area (Å²) in [5.41, 5.74) is 5.94. The minimum absolute atomic E-state index is 0.0935. The summed E-state index contributed by atoms with van der Waals surface area (Å²) < 4.78 is 0. The molecule has 0 unspecified atom stereocenters. The van der Waals surface area contributed by atoms with Gasteiger partial charge in [0.1, 0.15) is 0 Å². The van der Waals surface area contributed by atoms with Crippen molar-refractivity contribution in [2.75, 3.05) is 27.2 Å². The van der Waals surface area contributed by atoms with Crippen molar-refractivity contribution >= 4 is 5.96 Å². The lowest BCUT2D eigenvalue weighted by Crippen LogP contribution is -2.47. The summed E-state index contributed by atoms with van der Waals surface area (Å²) in [6.45, 7) is 8.52. The van der Waals surface area contributed by atoms with E-state index in [9.17, 15) is 0 Å². The summed E-state index contributed by atoms with van der Waals surface area (Å²) in [5, 5.41) is 0. The molecule has 1 aliphatic heterocycles. The third-order valence-electron chi connectivity index (χ3n) is 3.05. The van der Waals surface area contributed by atoms with Gasteiger partial charge in [-0.1, -0.05) is 0 Å². The Hall–Kier alpha value is -0.770. The number of piperidine rings is 1. The lowest BCUT2D eigenvalue weighted by molar-refractivity contribution is 0.190. The molecule has 0 saturated carbocycles. The van der Waals surface area contributed by atoms with Crippen LogP contribution in [0.15, 0.2) is 4.99 Å². The first kappa shape index (κ1) is 13.3. The number of nitrogens with zero attached hydrogens (tertiary/aromatic N) is 3. The Balaban J connectivity index is 2.57. The van der Waals surface area contributed by atoms with E-state index in [1.807, 2.05) is 0 Å². The summed E-state index contributed by atoms with van der Waals surface area (Å²) in [6.07, 6.45) is 2.35. The van der Waals surface area contributed by atoms with Crippen molar-refractivity contribution in [1.82, 2.24) is 9.80 Å². The minimum atomic E-state index is -0.0935. The zero-order valence-electron chi connectivity index (χ0n) is 11.3. The fraction of sp³-hybridized carbons (Fsp3) is 0.917. The van der Waals surface area contributed by atoms with Gasteiger partial charge in [0.25, 0.3) is 0 Å². The maximum absolute atomic E-state index is 6.03. The standard InChI is InChI=1S/C12H26N4/c1-12(2,3)14-11(13)16(5)10-6-8-15(4)9-7-10/h10H,6-9H2,1-5H3,(H2,13,14). The number of likely N-dealkylation sites (tertiary alicyclic amines) is 1. The third kappa shape index (κ3) is 4.00. The first-order valence-corrected chi connectivity index (χ1v) is 6.06. The van der Waals surface area contributed by atoms with Crippen LogP contribution in [0.4, 0.5) is 0 Å². The smallest absolute Gasteiger partial charge is 0.191 e. The Morgan fingerprint density at radius 2 is 1.81 bits per heavy atom. The van der Waals surface area contributed by atoms with Crippen LogP contribution in [0.1, 0.15) is 33.6 Å². The van der Waals surface area contributed by atoms with Crippen LogP contribution in [0, 0.1) is 0 Å². The predicted molar refractivity (Wildman–Crippen MR) is 69.7 cm³/mol. The first-order chi connectivity index (χ1) is 7.29. The van der Waals surface area contributed by atoms with E-state index in [1.165, 1.54) is 12.8 Å². The molecule has 2 N–H and O–H groups in total. The molecule has 0 atom stereocenters. The average Bonchev–Trinajstić information content (AvgIpc) is 2.15. The molecule has 0 aromatic heterocycles. The van der Waals surface area contributed by atoms with Crippen LogP contribution in [0.2, 0.25) is 0 Å².